The van der Waals surface area contributed by atoms with Crippen molar-refractivity contribution in [1.82, 2.24) is 74.2 Å². The van der Waals surface area contributed by atoms with Crippen molar-refractivity contribution in [3.63, 3.8) is 0 Å². The number of fused-ring (bicyclic) bond motifs is 2. The molecule has 2 amide bonds. The molecule has 1 unspecified atom stereocenters. The maximum Gasteiger partial charge on any atom is 0.255 e. The number of carbonyl (C=O) groups is 2. The lowest BCUT2D eigenvalue weighted by Crippen LogP contribution is -2.58. The van der Waals surface area contributed by atoms with Crippen LogP contribution in [0.4, 0.5) is 43.9 Å². The maximum absolute atomic E-state index is 17.0. The number of piperidine rings is 2. The molecule has 3 saturated heterocycles. The van der Waals surface area contributed by atoms with E-state index in [1.54, 1.807) is 67.5 Å². The number of guanidine groups is 1. The number of piperazine rings is 1. The topological polar surface area (TPSA) is 186 Å². The van der Waals surface area contributed by atoms with E-state index in [0.717, 1.165) is 44.7 Å². The quantitative estimate of drug-likeness (QED) is 0.0928. The number of likely N-dealkylation sites (tertiary alicyclic amines) is 2. The minimum Gasteiger partial charge on any atom is -0.338 e. The molecule has 1 atom stereocenters. The van der Waals surface area contributed by atoms with Gasteiger partial charge >= 0.3 is 0 Å². The zero-order valence-corrected chi connectivity index (χ0v) is 51.9. The molecule has 0 bridgehead atoms. The van der Waals surface area contributed by atoms with E-state index in [1.165, 1.54) is 30.0 Å². The van der Waals surface area contributed by atoms with Gasteiger partial charge in [-0.1, -0.05) is 0 Å². The number of allylic oxidation sites excluding steroid dienone is 3. The number of aromatic nitrogens is 8. The number of aryl methyl sites for hydroxylation is 4. The molecule has 9 heterocycles. The van der Waals surface area contributed by atoms with Gasteiger partial charge in [0.1, 0.15) is 34.4 Å². The Bertz CT molecular complexity index is 3980. The number of likely N-dealkylation sites (N-methyl/N-ethyl adjacent to an activating group) is 1. The summed E-state index contributed by atoms with van der Waals surface area (Å²) in [7, 11) is 2.23. The van der Waals surface area contributed by atoms with E-state index in [9.17, 15) is 18.4 Å². The van der Waals surface area contributed by atoms with Crippen LogP contribution in [0.1, 0.15) is 139 Å². The number of benzene rings is 1. The molecular weight excluding hydrogens is 1160 g/mol. The minimum absolute atomic E-state index is 0.000116. The number of alkyl halides is 2. The van der Waals surface area contributed by atoms with E-state index in [4.69, 9.17) is 9.98 Å². The van der Waals surface area contributed by atoms with Crippen molar-refractivity contribution < 1.29 is 35.9 Å². The molecule has 2 saturated carbocycles. The third kappa shape index (κ3) is 11.8. The molecule has 0 radical (unpaired) electrons. The van der Waals surface area contributed by atoms with Gasteiger partial charge in [0.25, 0.3) is 17.7 Å². The number of pyridine rings is 2. The van der Waals surface area contributed by atoms with Crippen LogP contribution in [0.5, 0.6) is 0 Å². The highest BCUT2D eigenvalue weighted by atomic mass is 19.3. The van der Waals surface area contributed by atoms with E-state index in [2.05, 4.69) is 57.7 Å². The molecule has 1 spiro atoms. The lowest BCUT2D eigenvalue weighted by Gasteiger charge is -2.46. The van der Waals surface area contributed by atoms with Gasteiger partial charge in [-0.05, 0) is 142 Å². The van der Waals surface area contributed by atoms with Crippen molar-refractivity contribution in [3.8, 4) is 11.3 Å². The summed E-state index contributed by atoms with van der Waals surface area (Å²) in [6.07, 6.45) is 8.89. The van der Waals surface area contributed by atoms with Gasteiger partial charge in [0.2, 0.25) is 11.9 Å². The van der Waals surface area contributed by atoms with Crippen LogP contribution in [0.3, 0.4) is 0 Å². The van der Waals surface area contributed by atoms with Gasteiger partial charge in [-0.3, -0.25) is 19.4 Å². The Morgan fingerprint density at radius 2 is 1.43 bits per heavy atom. The number of imidazole rings is 2. The highest BCUT2D eigenvalue weighted by molar-refractivity contribution is 5.96. The van der Waals surface area contributed by atoms with Crippen LogP contribution in [0.15, 0.2) is 77.0 Å². The molecule has 90 heavy (non-hydrogen) atoms. The fourth-order valence-corrected chi connectivity index (χ4v) is 14.3. The lowest BCUT2D eigenvalue weighted by atomic mass is 9.87. The zero-order valence-electron chi connectivity index (χ0n) is 51.9. The van der Waals surface area contributed by atoms with Gasteiger partial charge in [-0.2, -0.15) is 4.99 Å². The molecule has 5 fully saturated rings. The second kappa shape index (κ2) is 23.6. The second-order valence-corrected chi connectivity index (χ2v) is 25.9. The molecule has 19 nitrogen and oxygen atoms in total. The Kier molecular flexibility index (Phi) is 16.0. The van der Waals surface area contributed by atoms with Gasteiger partial charge in [0.05, 0.1) is 51.7 Å². The lowest BCUT2D eigenvalue weighted by molar-refractivity contribution is -0.0956. The largest absolute Gasteiger partial charge is 0.338 e. The average Bonchev–Trinajstić information content (AvgIpc) is 1.57. The molecule has 474 valence electrons. The second-order valence-electron chi connectivity index (χ2n) is 25.9. The normalized spacial score (nSPS) is 21.6. The van der Waals surface area contributed by atoms with Crippen molar-refractivity contribution in [3.05, 3.63) is 129 Å². The standard InChI is InChI=1S/C65H75F6N17O2/c1-35(2)87-39(6)75-58-48(66)26-42(27-52(58)87)57-51(69)33-86(63(81-57)79-55-12-10-47(38(5)74-55)60(89)83-19-13-43(14-20-83)77-44-29-65(70,71)30-44)32-36(3)88-40(7)76-59-49(67)25-41(28-53(59)88)56-50(68)31-72-62(80-56)78-54-11-9-46(37(4)73-54)61(90)84-21-15-45(16-22-84)85-24-23-82(8)64(34-85)17-18-64/h9-12,25-26,28,31,33,35-36,43-45,77H,13-24,27,29-30,32,34H2,1-8H3,(H,74,79,81)(H,72,73,78,80). The van der Waals surface area contributed by atoms with Crippen molar-refractivity contribution in [1.29, 1.82) is 0 Å². The number of nitrogens with one attached hydrogen (secondary N) is 3. The molecule has 3 aliphatic carbocycles. The molecule has 4 aliphatic heterocycles. The van der Waals surface area contributed by atoms with E-state index in [1.807, 2.05) is 30.2 Å². The Morgan fingerprint density at radius 3 is 2.10 bits per heavy atom. The summed E-state index contributed by atoms with van der Waals surface area (Å²) < 4.78 is 96.1. The van der Waals surface area contributed by atoms with Crippen LogP contribution in [0.25, 0.3) is 28.1 Å². The van der Waals surface area contributed by atoms with Gasteiger partial charge in [-0.25, -0.2) is 56.2 Å². The minimum atomic E-state index is -2.62. The number of hydrogen-bond donors (Lipinski definition) is 3. The van der Waals surface area contributed by atoms with E-state index < -0.39 is 35.3 Å². The van der Waals surface area contributed by atoms with Crippen molar-refractivity contribution in [2.45, 2.75) is 148 Å². The Hall–Kier alpha value is -8.03. The van der Waals surface area contributed by atoms with Crippen LogP contribution in [-0.4, -0.2) is 170 Å². The van der Waals surface area contributed by atoms with Gasteiger partial charge in [-0.15, -0.1) is 0 Å². The molecular formula is C65H75F6N17O2. The summed E-state index contributed by atoms with van der Waals surface area (Å²) in [5.41, 5.74) is 3.33. The fraction of sp³-hybridized carbons (Fsp3) is 0.492. The van der Waals surface area contributed by atoms with Gasteiger partial charge in [0, 0.05) is 113 Å². The first kappa shape index (κ1) is 60.9. The van der Waals surface area contributed by atoms with Crippen molar-refractivity contribution in [2.24, 2.45) is 4.99 Å². The van der Waals surface area contributed by atoms with E-state index >= 15 is 17.6 Å². The molecule has 3 N–H and O–H groups in total. The van der Waals surface area contributed by atoms with Gasteiger partial charge < -0.3 is 39.8 Å². The van der Waals surface area contributed by atoms with Crippen molar-refractivity contribution >= 4 is 52.2 Å². The van der Waals surface area contributed by atoms with E-state index in [-0.39, 0.29) is 102 Å². The number of carbonyl (C=O) groups excluding carboxylic acids is 2. The van der Waals surface area contributed by atoms with Crippen LogP contribution < -0.4 is 16.0 Å². The molecule has 6 aromatic rings. The third-order valence-electron chi connectivity index (χ3n) is 19.3. The average molecular weight is 1240 g/mol. The molecule has 7 aliphatic rings. The summed E-state index contributed by atoms with van der Waals surface area (Å²) in [4.78, 5) is 70.2. The van der Waals surface area contributed by atoms with Gasteiger partial charge in [0.15, 0.2) is 29.1 Å². The van der Waals surface area contributed by atoms with E-state index in [0.29, 0.717) is 107 Å². The van der Waals surface area contributed by atoms with Crippen LogP contribution >= 0.6 is 0 Å². The number of aliphatic imine (C=N–C) groups is 1. The number of halogens is 6. The predicted octanol–water partition coefficient (Wildman–Crippen LogP) is 10.5. The molecule has 1 aromatic carbocycles. The first-order valence-electron chi connectivity index (χ1n) is 31.3. The Balaban J connectivity index is 0.743. The smallest absolute Gasteiger partial charge is 0.255 e. The molecule has 13 rings (SSSR count). The summed E-state index contributed by atoms with van der Waals surface area (Å²) in [5, 5.41) is 9.53. The third-order valence-corrected chi connectivity index (χ3v) is 19.3. The summed E-state index contributed by atoms with van der Waals surface area (Å²) in [6.45, 7) is 18.2. The maximum atomic E-state index is 17.0. The number of rotatable bonds is 13. The number of hydrogen-bond acceptors (Lipinski definition) is 13. The van der Waals surface area contributed by atoms with Crippen LogP contribution in [0, 0.1) is 39.3 Å². The van der Waals surface area contributed by atoms with Crippen LogP contribution in [-0.2, 0) is 6.42 Å². The number of amides is 2. The number of nitrogens with zero attached hydrogens (tertiary/aromatic N) is 14. The SMILES string of the molecule is Cc1nc(N=C2NC(=C3C=C(F)c4nc(C)n(C(C)C)c4C3)C(F)=CN2CC(C)n2c(C)nc3c(F)cc(-c4nc(Nc5ccc(C(=O)N6CCC(N7CCN(C)C8(CC8)C7)CC6)c(C)n5)ncc4F)cc32)ccc1C(=O)N1CCC(NC2CC(F)(F)C2)CC1. The fourth-order valence-electron chi connectivity index (χ4n) is 14.3. The summed E-state index contributed by atoms with van der Waals surface area (Å²) >= 11 is 0. The first-order chi connectivity index (χ1) is 43.0. The van der Waals surface area contributed by atoms with Crippen molar-refractivity contribution in [2.75, 3.05) is 64.7 Å². The molecule has 5 aromatic heterocycles. The number of anilines is 2. The molecule has 25 heteroatoms. The first-order valence-corrected chi connectivity index (χ1v) is 31.3. The zero-order chi connectivity index (χ0) is 63.2. The Morgan fingerprint density at radius 1 is 0.756 bits per heavy atom. The summed E-state index contributed by atoms with van der Waals surface area (Å²) in [6, 6.07) is 8.93. The monoisotopic (exact) mass is 1240 g/mol. The predicted molar refractivity (Wildman–Crippen MR) is 330 cm³/mol. The summed E-state index contributed by atoms with van der Waals surface area (Å²) in [5.74, 6) is -4.23. The Labute approximate surface area is 518 Å². The van der Waals surface area contributed by atoms with Crippen LogP contribution in [0.2, 0.25) is 0 Å². The highest BCUT2D eigenvalue weighted by Gasteiger charge is 2.51. The highest BCUT2D eigenvalue weighted by Crippen LogP contribution is 2.45.